The summed E-state index contributed by atoms with van der Waals surface area (Å²) in [6.07, 6.45) is 0.715. The molecule has 0 bridgehead atoms. The second kappa shape index (κ2) is 2.59. The minimum absolute atomic E-state index is 0. The van der Waals surface area contributed by atoms with Crippen LogP contribution in [0.15, 0.2) is 0 Å². The Bertz CT molecular complexity index is 94.0. The van der Waals surface area contributed by atoms with Crippen molar-refractivity contribution < 1.29 is 30.3 Å². The third-order valence-electron chi connectivity index (χ3n) is 0. The van der Waals surface area contributed by atoms with Gasteiger partial charge >= 0.3 is 0 Å². The number of hydrogen-bond donors (Lipinski definition) is 1. The van der Waals surface area contributed by atoms with Crippen LogP contribution in [-0.2, 0) is 27.5 Å². The molecule has 38 valence electrons. The van der Waals surface area contributed by atoms with Crippen LogP contribution >= 0.6 is 0 Å². The van der Waals surface area contributed by atoms with Crippen LogP contribution in [-0.4, -0.2) is 19.2 Å². The van der Waals surface area contributed by atoms with Gasteiger partial charge in [-0.15, -0.1) is 0 Å². The van der Waals surface area contributed by atoms with Crippen LogP contribution in [0.25, 0.3) is 0 Å². The average molecular weight is 148 g/mol. The van der Waals surface area contributed by atoms with E-state index in [2.05, 4.69) is 0 Å². The summed E-state index contributed by atoms with van der Waals surface area (Å²) in [5, 5.41) is 0. The molecule has 0 amide bonds. The zero-order valence-electron chi connectivity index (χ0n) is 3.08. The molecule has 3 nitrogen and oxygen atoms in total. The molecule has 0 rings (SSSR count). The van der Waals surface area contributed by atoms with Crippen molar-refractivity contribution in [2.24, 2.45) is 0 Å². The molecule has 0 radical (unpaired) electrons. The van der Waals surface area contributed by atoms with Crippen LogP contribution in [0.3, 0.4) is 0 Å². The van der Waals surface area contributed by atoms with Crippen molar-refractivity contribution in [1.82, 2.24) is 0 Å². The van der Waals surface area contributed by atoms with Crippen molar-refractivity contribution >= 4 is 10.1 Å². The van der Waals surface area contributed by atoms with Gasteiger partial charge in [0.15, 0.2) is 0 Å². The van der Waals surface area contributed by atoms with Crippen molar-refractivity contribution in [3.05, 3.63) is 0 Å². The quantitative estimate of drug-likeness (QED) is 0.471. The van der Waals surface area contributed by atoms with Crippen molar-refractivity contribution in [2.75, 3.05) is 6.26 Å². The van der Waals surface area contributed by atoms with E-state index >= 15 is 0 Å². The van der Waals surface area contributed by atoms with Gasteiger partial charge in [0.25, 0.3) is 10.1 Å². The van der Waals surface area contributed by atoms with E-state index in [1.807, 2.05) is 0 Å². The largest absolute Gasteiger partial charge is 0.286 e. The van der Waals surface area contributed by atoms with Crippen LogP contribution < -0.4 is 0 Å². The summed E-state index contributed by atoms with van der Waals surface area (Å²) in [6.45, 7) is 0. The Hall–Kier alpha value is 0.442. The first-order valence-electron chi connectivity index (χ1n) is 0.924. The maximum atomic E-state index is 9.19. The van der Waals surface area contributed by atoms with Gasteiger partial charge in [0, 0.05) is 17.4 Å². The van der Waals surface area contributed by atoms with E-state index in [0.717, 1.165) is 0 Å². The third-order valence-corrected chi connectivity index (χ3v) is 0. The average Bonchev–Trinajstić information content (AvgIpc) is 0.722. The summed E-state index contributed by atoms with van der Waals surface area (Å²) in [6, 6.07) is 0. The molecule has 0 heterocycles. The Morgan fingerprint density at radius 3 is 1.50 bits per heavy atom. The second-order valence-corrected chi connectivity index (χ2v) is 2.20. The minimum Gasteiger partial charge on any atom is -0.286 e. The molecule has 0 fully saturated rings. The maximum absolute atomic E-state index is 9.19. The Kier molecular flexibility index (Phi) is 4.17. The molecule has 0 aliphatic heterocycles. The van der Waals surface area contributed by atoms with Crippen molar-refractivity contribution in [3.63, 3.8) is 0 Å². The van der Waals surface area contributed by atoms with Crippen molar-refractivity contribution in [3.8, 4) is 0 Å². The van der Waals surface area contributed by atoms with Gasteiger partial charge in [-0.3, -0.25) is 4.55 Å². The molecule has 1 N–H and O–H groups in total. The predicted octanol–water partition coefficient (Wildman–Crippen LogP) is -0.498. The molecule has 0 aliphatic rings. The molecule has 0 aromatic carbocycles. The monoisotopic (exact) mass is 148 g/mol. The molecule has 0 saturated heterocycles. The summed E-state index contributed by atoms with van der Waals surface area (Å²) in [5.41, 5.74) is 0. The summed E-state index contributed by atoms with van der Waals surface area (Å²) < 4.78 is 25.9. The summed E-state index contributed by atoms with van der Waals surface area (Å²) in [5.74, 6) is 0. The Balaban J connectivity index is 0. The molecule has 0 spiro atoms. The van der Waals surface area contributed by atoms with Crippen molar-refractivity contribution in [2.45, 2.75) is 0 Å². The van der Waals surface area contributed by atoms with E-state index in [1.165, 1.54) is 0 Å². The molecule has 0 aromatic rings. The van der Waals surface area contributed by atoms with Gasteiger partial charge < -0.3 is 0 Å². The molecular formula is CH4CrO3S. The van der Waals surface area contributed by atoms with Crippen molar-refractivity contribution in [1.29, 1.82) is 0 Å². The predicted molar refractivity (Wildman–Crippen MR) is 17.5 cm³/mol. The van der Waals surface area contributed by atoms with E-state index in [-0.39, 0.29) is 17.4 Å². The van der Waals surface area contributed by atoms with Gasteiger partial charge in [-0.25, -0.2) is 0 Å². The first-order chi connectivity index (χ1) is 2.00. The van der Waals surface area contributed by atoms with Crippen LogP contribution in [0, 0.1) is 0 Å². The Morgan fingerprint density at radius 2 is 1.50 bits per heavy atom. The molecule has 0 saturated carbocycles. The first-order valence-corrected chi connectivity index (χ1v) is 2.77. The zero-order chi connectivity index (χ0) is 4.50. The van der Waals surface area contributed by atoms with Gasteiger partial charge in [-0.05, 0) is 0 Å². The molecule has 0 unspecified atom stereocenters. The fraction of sp³-hybridized carbons (Fsp3) is 1.00. The Morgan fingerprint density at radius 1 is 1.50 bits per heavy atom. The number of hydrogen-bond acceptors (Lipinski definition) is 2. The van der Waals surface area contributed by atoms with Gasteiger partial charge in [0.05, 0.1) is 6.26 Å². The minimum atomic E-state index is -3.67. The van der Waals surface area contributed by atoms with E-state index in [9.17, 15) is 8.42 Å². The van der Waals surface area contributed by atoms with Crippen LogP contribution in [0.1, 0.15) is 0 Å². The second-order valence-electron chi connectivity index (χ2n) is 0.733. The zero-order valence-corrected chi connectivity index (χ0v) is 5.17. The Labute approximate surface area is 47.2 Å². The molecular weight excluding hydrogens is 144 g/mol. The molecule has 5 heteroatoms. The topological polar surface area (TPSA) is 54.4 Å². The molecule has 0 atom stereocenters. The van der Waals surface area contributed by atoms with E-state index < -0.39 is 10.1 Å². The van der Waals surface area contributed by atoms with Crippen LogP contribution in [0.2, 0.25) is 0 Å². The smallest absolute Gasteiger partial charge is 0.261 e. The van der Waals surface area contributed by atoms with E-state index in [0.29, 0.717) is 6.26 Å². The van der Waals surface area contributed by atoms with Gasteiger partial charge in [0.1, 0.15) is 0 Å². The fourth-order valence-corrected chi connectivity index (χ4v) is 0. The van der Waals surface area contributed by atoms with E-state index in [4.69, 9.17) is 4.55 Å². The summed E-state index contributed by atoms with van der Waals surface area (Å²) in [7, 11) is -3.67. The SMILES string of the molecule is CS(=O)(=O)O.[Cr]. The summed E-state index contributed by atoms with van der Waals surface area (Å²) in [4.78, 5) is 0. The number of rotatable bonds is 0. The van der Waals surface area contributed by atoms with Crippen LogP contribution in [0.4, 0.5) is 0 Å². The van der Waals surface area contributed by atoms with Gasteiger partial charge in [-0.1, -0.05) is 0 Å². The molecule has 0 aromatic heterocycles. The fourth-order valence-electron chi connectivity index (χ4n) is 0. The van der Waals surface area contributed by atoms with Gasteiger partial charge in [-0.2, -0.15) is 8.42 Å². The van der Waals surface area contributed by atoms with Gasteiger partial charge in [0.2, 0.25) is 0 Å². The third kappa shape index (κ3) is 269. The first kappa shape index (κ1) is 9.67. The summed E-state index contributed by atoms with van der Waals surface area (Å²) >= 11 is 0. The van der Waals surface area contributed by atoms with Crippen LogP contribution in [0.5, 0.6) is 0 Å². The normalized spacial score (nSPS) is 9.67. The molecule has 6 heavy (non-hydrogen) atoms. The maximum Gasteiger partial charge on any atom is 0.261 e. The van der Waals surface area contributed by atoms with E-state index in [1.54, 1.807) is 0 Å². The molecule has 0 aliphatic carbocycles. The standard InChI is InChI=1S/CH4O3S.Cr/c1-5(2,3)4;/h1H3,(H,2,3,4);.